The molecule has 0 spiro atoms. The molecule has 0 atom stereocenters. The highest BCUT2D eigenvalue weighted by Crippen LogP contribution is 2.26. The molecule has 0 saturated carbocycles. The molecule has 4 aromatic rings. The van der Waals surface area contributed by atoms with Gasteiger partial charge >= 0.3 is 0 Å². The molecule has 0 unspecified atom stereocenters. The molecule has 3 heterocycles. The zero-order valence-corrected chi connectivity index (χ0v) is 12.5. The predicted octanol–water partition coefficient (Wildman–Crippen LogP) is 3.97. The Morgan fingerprint density at radius 3 is 2.54 bits per heavy atom. The van der Waals surface area contributed by atoms with E-state index in [1.165, 1.54) is 12.1 Å². The van der Waals surface area contributed by atoms with E-state index in [1.807, 2.05) is 18.2 Å². The van der Waals surface area contributed by atoms with Gasteiger partial charge in [0.15, 0.2) is 5.82 Å². The Labute approximate surface area is 137 Å². The molecule has 0 bridgehead atoms. The molecule has 3 aromatic heterocycles. The van der Waals surface area contributed by atoms with Crippen molar-refractivity contribution in [1.82, 2.24) is 19.9 Å². The number of pyridine rings is 2. The maximum absolute atomic E-state index is 13.4. The van der Waals surface area contributed by atoms with Gasteiger partial charge in [-0.1, -0.05) is 6.07 Å². The Bertz CT molecular complexity index is 1000. The number of nitrogens with one attached hydrogen (secondary N) is 1. The van der Waals surface area contributed by atoms with E-state index in [9.17, 15) is 4.39 Å². The third kappa shape index (κ3) is 2.77. The molecule has 0 aliphatic rings. The largest absolute Gasteiger partial charge is 0.340 e. The van der Waals surface area contributed by atoms with Crippen molar-refractivity contribution in [3.63, 3.8) is 0 Å². The molecule has 5 nitrogen and oxygen atoms in total. The minimum absolute atomic E-state index is 0.311. The number of hydrogen-bond acceptors (Lipinski definition) is 5. The number of hydrogen-bond donors (Lipinski definition) is 1. The molecule has 0 radical (unpaired) electrons. The van der Waals surface area contributed by atoms with Crippen molar-refractivity contribution in [2.75, 3.05) is 5.32 Å². The summed E-state index contributed by atoms with van der Waals surface area (Å²) in [5, 5.41) is 3.98. The van der Waals surface area contributed by atoms with E-state index in [1.54, 1.807) is 36.9 Å². The highest BCUT2D eigenvalue weighted by molar-refractivity contribution is 5.91. The standard InChI is InChI=1S/C18H12FN5/c19-13-2-1-3-14(10-13)22-18-15-6-9-21-11-16(15)23-17(24-18)12-4-7-20-8-5-12/h1-11H,(H,22,23,24). The van der Waals surface area contributed by atoms with Gasteiger partial charge < -0.3 is 5.32 Å². The van der Waals surface area contributed by atoms with Crippen LogP contribution in [0.4, 0.5) is 15.9 Å². The van der Waals surface area contributed by atoms with Gasteiger partial charge in [0.1, 0.15) is 11.6 Å². The van der Waals surface area contributed by atoms with Gasteiger partial charge in [-0.3, -0.25) is 9.97 Å². The third-order valence-corrected chi connectivity index (χ3v) is 3.53. The molecule has 1 aromatic carbocycles. The van der Waals surface area contributed by atoms with Gasteiger partial charge in [-0.05, 0) is 36.4 Å². The first-order valence-electron chi connectivity index (χ1n) is 7.34. The summed E-state index contributed by atoms with van der Waals surface area (Å²) in [5.74, 6) is 0.839. The van der Waals surface area contributed by atoms with Crippen molar-refractivity contribution in [3.8, 4) is 11.4 Å². The lowest BCUT2D eigenvalue weighted by Crippen LogP contribution is -2.00. The van der Waals surface area contributed by atoms with E-state index in [-0.39, 0.29) is 5.82 Å². The number of anilines is 2. The van der Waals surface area contributed by atoms with Crippen LogP contribution in [-0.2, 0) is 0 Å². The van der Waals surface area contributed by atoms with E-state index in [2.05, 4.69) is 25.3 Å². The first-order valence-corrected chi connectivity index (χ1v) is 7.34. The van der Waals surface area contributed by atoms with Gasteiger partial charge in [0.2, 0.25) is 0 Å². The Hall–Kier alpha value is -3.41. The molecule has 4 rings (SSSR count). The molecule has 0 aliphatic carbocycles. The lowest BCUT2D eigenvalue weighted by atomic mass is 10.2. The molecule has 0 aliphatic heterocycles. The smallest absolute Gasteiger partial charge is 0.162 e. The molecule has 0 saturated heterocycles. The minimum Gasteiger partial charge on any atom is -0.340 e. The summed E-state index contributed by atoms with van der Waals surface area (Å²) in [5.41, 5.74) is 2.17. The van der Waals surface area contributed by atoms with Crippen LogP contribution in [0.3, 0.4) is 0 Å². The van der Waals surface area contributed by atoms with Gasteiger partial charge in [-0.15, -0.1) is 0 Å². The fourth-order valence-corrected chi connectivity index (χ4v) is 2.41. The fraction of sp³-hybridized carbons (Fsp3) is 0. The topological polar surface area (TPSA) is 63.6 Å². The van der Waals surface area contributed by atoms with Gasteiger partial charge in [-0.2, -0.15) is 0 Å². The summed E-state index contributed by atoms with van der Waals surface area (Å²) in [6, 6.07) is 11.7. The van der Waals surface area contributed by atoms with Crippen molar-refractivity contribution >= 4 is 22.4 Å². The van der Waals surface area contributed by atoms with Crippen LogP contribution < -0.4 is 5.32 Å². The zero-order valence-electron chi connectivity index (χ0n) is 12.5. The first-order chi connectivity index (χ1) is 11.8. The van der Waals surface area contributed by atoms with E-state index >= 15 is 0 Å². The van der Waals surface area contributed by atoms with Gasteiger partial charge in [0.05, 0.1) is 11.7 Å². The van der Waals surface area contributed by atoms with Crippen LogP contribution in [0.25, 0.3) is 22.3 Å². The SMILES string of the molecule is Fc1cccc(Nc2nc(-c3ccncc3)nc3cnccc23)c1. The minimum atomic E-state index is -0.311. The molecule has 0 amide bonds. The summed E-state index contributed by atoms with van der Waals surface area (Å²) < 4.78 is 13.4. The molecular formula is C18H12FN5. The number of aromatic nitrogens is 4. The average molecular weight is 317 g/mol. The van der Waals surface area contributed by atoms with Crippen molar-refractivity contribution in [3.05, 3.63) is 73.1 Å². The van der Waals surface area contributed by atoms with Crippen LogP contribution >= 0.6 is 0 Å². The number of halogens is 1. The zero-order chi connectivity index (χ0) is 16.4. The average Bonchev–Trinajstić information content (AvgIpc) is 2.62. The maximum atomic E-state index is 13.4. The second kappa shape index (κ2) is 6.00. The molecule has 0 fully saturated rings. The van der Waals surface area contributed by atoms with Crippen LogP contribution in [0.2, 0.25) is 0 Å². The van der Waals surface area contributed by atoms with E-state index < -0.39 is 0 Å². The third-order valence-electron chi connectivity index (χ3n) is 3.53. The normalized spacial score (nSPS) is 10.7. The molecule has 6 heteroatoms. The molecule has 116 valence electrons. The monoisotopic (exact) mass is 317 g/mol. The second-order valence-corrected chi connectivity index (χ2v) is 5.16. The van der Waals surface area contributed by atoms with Crippen molar-refractivity contribution < 1.29 is 4.39 Å². The molecule has 24 heavy (non-hydrogen) atoms. The summed E-state index contributed by atoms with van der Waals surface area (Å²) in [7, 11) is 0. The number of rotatable bonds is 3. The predicted molar refractivity (Wildman–Crippen MR) is 90.2 cm³/mol. The van der Waals surface area contributed by atoms with Crippen LogP contribution in [-0.4, -0.2) is 19.9 Å². The van der Waals surface area contributed by atoms with Crippen molar-refractivity contribution in [2.24, 2.45) is 0 Å². The van der Waals surface area contributed by atoms with Gasteiger partial charge in [0, 0.05) is 35.2 Å². The van der Waals surface area contributed by atoms with Crippen LogP contribution in [0.15, 0.2) is 67.3 Å². The van der Waals surface area contributed by atoms with E-state index in [4.69, 9.17) is 0 Å². The second-order valence-electron chi connectivity index (χ2n) is 5.16. The van der Waals surface area contributed by atoms with Crippen LogP contribution in [0, 0.1) is 5.82 Å². The quantitative estimate of drug-likeness (QED) is 0.619. The Morgan fingerprint density at radius 2 is 1.71 bits per heavy atom. The Morgan fingerprint density at radius 1 is 0.875 bits per heavy atom. The number of nitrogens with zero attached hydrogens (tertiary/aromatic N) is 4. The maximum Gasteiger partial charge on any atom is 0.162 e. The molecule has 1 N–H and O–H groups in total. The van der Waals surface area contributed by atoms with Crippen LogP contribution in [0.5, 0.6) is 0 Å². The summed E-state index contributed by atoms with van der Waals surface area (Å²) in [6.45, 7) is 0. The van der Waals surface area contributed by atoms with E-state index in [0.717, 1.165) is 10.9 Å². The van der Waals surface area contributed by atoms with Crippen molar-refractivity contribution in [2.45, 2.75) is 0 Å². The van der Waals surface area contributed by atoms with Gasteiger partial charge in [0.25, 0.3) is 0 Å². The number of benzene rings is 1. The lowest BCUT2D eigenvalue weighted by Gasteiger charge is -2.11. The van der Waals surface area contributed by atoms with Crippen LogP contribution in [0.1, 0.15) is 0 Å². The van der Waals surface area contributed by atoms with Crippen molar-refractivity contribution in [1.29, 1.82) is 0 Å². The Kier molecular flexibility index (Phi) is 3.55. The Balaban J connectivity index is 1.86. The molecular weight excluding hydrogens is 305 g/mol. The summed E-state index contributed by atoms with van der Waals surface area (Å²) in [4.78, 5) is 17.3. The lowest BCUT2D eigenvalue weighted by molar-refractivity contribution is 0.628. The fourth-order valence-electron chi connectivity index (χ4n) is 2.41. The highest BCUT2D eigenvalue weighted by Gasteiger charge is 2.10. The summed E-state index contributed by atoms with van der Waals surface area (Å²) >= 11 is 0. The first kappa shape index (κ1) is 14.2. The summed E-state index contributed by atoms with van der Waals surface area (Å²) in [6.07, 6.45) is 6.73. The van der Waals surface area contributed by atoms with E-state index in [0.29, 0.717) is 22.8 Å². The number of fused-ring (bicyclic) bond motifs is 1. The highest BCUT2D eigenvalue weighted by atomic mass is 19.1. The van der Waals surface area contributed by atoms with Gasteiger partial charge in [-0.25, -0.2) is 14.4 Å².